The minimum Gasteiger partial charge on any atom is -0.462 e. The van der Waals surface area contributed by atoms with Crippen molar-refractivity contribution in [1.29, 1.82) is 0 Å². The van der Waals surface area contributed by atoms with Crippen molar-refractivity contribution in [3.63, 3.8) is 0 Å². The molecule has 0 aliphatic rings. The first kappa shape index (κ1) is 12.4. The molecule has 0 aliphatic heterocycles. The van der Waals surface area contributed by atoms with Crippen LogP contribution in [0.2, 0.25) is 0 Å². The van der Waals surface area contributed by atoms with Gasteiger partial charge in [-0.2, -0.15) is 0 Å². The third kappa shape index (κ3) is 3.50. The second-order valence-corrected chi connectivity index (χ2v) is 3.73. The van der Waals surface area contributed by atoms with E-state index in [2.05, 4.69) is 0 Å². The van der Waals surface area contributed by atoms with Crippen LogP contribution in [0.15, 0.2) is 24.3 Å². The lowest BCUT2D eigenvalue weighted by Crippen LogP contribution is -2.05. The van der Waals surface area contributed by atoms with Gasteiger partial charge in [-0.05, 0) is 31.0 Å². The van der Waals surface area contributed by atoms with Crippen LogP contribution in [0.4, 0.5) is 0 Å². The number of carbonyl (C=O) groups is 2. The number of hydrogen-bond acceptors (Lipinski definition) is 3. The summed E-state index contributed by atoms with van der Waals surface area (Å²) < 4.78 is 4.87. The van der Waals surface area contributed by atoms with Gasteiger partial charge in [-0.15, -0.1) is 0 Å². The Balaban J connectivity index is 2.67. The first-order valence-corrected chi connectivity index (χ1v) is 5.38. The molecule has 0 spiro atoms. The van der Waals surface area contributed by atoms with Crippen LogP contribution in [-0.4, -0.2) is 18.9 Å². The van der Waals surface area contributed by atoms with Gasteiger partial charge >= 0.3 is 5.97 Å². The quantitative estimate of drug-likeness (QED) is 0.564. The second kappa shape index (κ2) is 6.05. The van der Waals surface area contributed by atoms with Crippen LogP contribution in [0, 0.1) is 5.92 Å². The van der Waals surface area contributed by atoms with E-state index in [1.54, 1.807) is 19.1 Å². The van der Waals surface area contributed by atoms with Gasteiger partial charge in [0, 0.05) is 5.92 Å². The molecule has 1 rings (SSSR count). The van der Waals surface area contributed by atoms with E-state index < -0.39 is 0 Å². The molecule has 1 atom stereocenters. The van der Waals surface area contributed by atoms with Crippen molar-refractivity contribution in [1.82, 2.24) is 0 Å². The summed E-state index contributed by atoms with van der Waals surface area (Å²) in [5.41, 5.74) is 1.59. The monoisotopic (exact) mass is 220 g/mol. The highest BCUT2D eigenvalue weighted by molar-refractivity contribution is 5.89. The molecule has 1 unspecified atom stereocenters. The molecule has 0 saturated carbocycles. The van der Waals surface area contributed by atoms with Gasteiger partial charge in [-0.3, -0.25) is 0 Å². The van der Waals surface area contributed by atoms with Crippen LogP contribution in [0.1, 0.15) is 29.8 Å². The number of benzene rings is 1. The SMILES string of the molecule is CCOC(=O)c1ccc(CC(C)C=O)cc1. The molecular formula is C13H16O3. The number of rotatable bonds is 5. The van der Waals surface area contributed by atoms with Crippen molar-refractivity contribution in [3.8, 4) is 0 Å². The van der Waals surface area contributed by atoms with E-state index >= 15 is 0 Å². The minimum absolute atomic E-state index is 0.00782. The van der Waals surface area contributed by atoms with E-state index in [0.29, 0.717) is 18.6 Å². The molecule has 16 heavy (non-hydrogen) atoms. The van der Waals surface area contributed by atoms with Crippen LogP contribution in [0.3, 0.4) is 0 Å². The standard InChI is InChI=1S/C13H16O3/c1-3-16-13(15)12-6-4-11(5-7-12)8-10(2)9-14/h4-7,9-10H,3,8H2,1-2H3. The lowest BCUT2D eigenvalue weighted by molar-refractivity contribution is -0.110. The van der Waals surface area contributed by atoms with E-state index in [9.17, 15) is 9.59 Å². The van der Waals surface area contributed by atoms with E-state index in [4.69, 9.17) is 4.74 Å². The molecule has 0 bridgehead atoms. The summed E-state index contributed by atoms with van der Waals surface area (Å²) in [6, 6.07) is 7.16. The van der Waals surface area contributed by atoms with Gasteiger partial charge < -0.3 is 9.53 Å². The Morgan fingerprint density at radius 3 is 2.50 bits per heavy atom. The Kier molecular flexibility index (Phi) is 4.70. The molecule has 1 aromatic carbocycles. The van der Waals surface area contributed by atoms with Gasteiger partial charge in [0.2, 0.25) is 0 Å². The Labute approximate surface area is 95.4 Å². The van der Waals surface area contributed by atoms with E-state index in [1.165, 1.54) is 0 Å². The summed E-state index contributed by atoms with van der Waals surface area (Å²) >= 11 is 0. The first-order valence-electron chi connectivity index (χ1n) is 5.38. The molecule has 0 heterocycles. The summed E-state index contributed by atoms with van der Waals surface area (Å²) in [5.74, 6) is -0.300. The van der Waals surface area contributed by atoms with Crippen LogP contribution in [0.5, 0.6) is 0 Å². The van der Waals surface area contributed by atoms with Gasteiger partial charge in [0.1, 0.15) is 6.29 Å². The Bertz CT molecular complexity index is 354. The van der Waals surface area contributed by atoms with E-state index in [0.717, 1.165) is 11.8 Å². The van der Waals surface area contributed by atoms with E-state index in [-0.39, 0.29) is 11.9 Å². The van der Waals surface area contributed by atoms with Crippen molar-refractivity contribution < 1.29 is 14.3 Å². The average Bonchev–Trinajstić information content (AvgIpc) is 2.30. The third-order valence-corrected chi connectivity index (χ3v) is 2.26. The van der Waals surface area contributed by atoms with Crippen molar-refractivity contribution in [2.45, 2.75) is 20.3 Å². The molecule has 0 amide bonds. The fourth-order valence-electron chi connectivity index (χ4n) is 1.41. The lowest BCUT2D eigenvalue weighted by Gasteiger charge is -2.05. The Morgan fingerprint density at radius 1 is 1.38 bits per heavy atom. The Hall–Kier alpha value is -1.64. The minimum atomic E-state index is -0.308. The number of hydrogen-bond donors (Lipinski definition) is 0. The average molecular weight is 220 g/mol. The van der Waals surface area contributed by atoms with Gasteiger partial charge in [0.25, 0.3) is 0 Å². The summed E-state index contributed by atoms with van der Waals surface area (Å²) in [7, 11) is 0. The van der Waals surface area contributed by atoms with Gasteiger partial charge in [-0.25, -0.2) is 4.79 Å². The summed E-state index contributed by atoms with van der Waals surface area (Å²) in [6.45, 7) is 4.02. The summed E-state index contributed by atoms with van der Waals surface area (Å²) in [4.78, 5) is 21.9. The number of carbonyl (C=O) groups excluding carboxylic acids is 2. The van der Waals surface area contributed by atoms with Crippen LogP contribution >= 0.6 is 0 Å². The highest BCUT2D eigenvalue weighted by Crippen LogP contribution is 2.10. The van der Waals surface area contributed by atoms with Gasteiger partial charge in [-0.1, -0.05) is 19.1 Å². The third-order valence-electron chi connectivity index (χ3n) is 2.26. The second-order valence-electron chi connectivity index (χ2n) is 3.73. The molecule has 3 nitrogen and oxygen atoms in total. The highest BCUT2D eigenvalue weighted by atomic mass is 16.5. The van der Waals surface area contributed by atoms with Gasteiger partial charge in [0.15, 0.2) is 0 Å². The largest absolute Gasteiger partial charge is 0.462 e. The maximum atomic E-state index is 11.4. The zero-order valence-corrected chi connectivity index (χ0v) is 9.60. The van der Waals surface area contributed by atoms with Crippen molar-refractivity contribution in [2.24, 2.45) is 5.92 Å². The molecule has 0 fully saturated rings. The fraction of sp³-hybridized carbons (Fsp3) is 0.385. The van der Waals surface area contributed by atoms with Crippen LogP contribution in [-0.2, 0) is 16.0 Å². The fourth-order valence-corrected chi connectivity index (χ4v) is 1.41. The molecule has 0 saturated heterocycles. The normalized spacial score (nSPS) is 11.9. The smallest absolute Gasteiger partial charge is 0.338 e. The number of ether oxygens (including phenoxy) is 1. The lowest BCUT2D eigenvalue weighted by atomic mass is 10.0. The molecule has 86 valence electrons. The molecule has 0 N–H and O–H groups in total. The Morgan fingerprint density at radius 2 is 2.00 bits per heavy atom. The van der Waals surface area contributed by atoms with Crippen LogP contribution in [0.25, 0.3) is 0 Å². The molecule has 0 radical (unpaired) electrons. The maximum Gasteiger partial charge on any atom is 0.338 e. The molecule has 0 aromatic heterocycles. The molecule has 1 aromatic rings. The van der Waals surface area contributed by atoms with Crippen molar-refractivity contribution in [3.05, 3.63) is 35.4 Å². The molecule has 3 heteroatoms. The van der Waals surface area contributed by atoms with Crippen LogP contribution < -0.4 is 0 Å². The zero-order chi connectivity index (χ0) is 12.0. The summed E-state index contributed by atoms with van der Waals surface area (Å²) in [6.07, 6.45) is 1.63. The predicted molar refractivity (Wildman–Crippen MR) is 61.3 cm³/mol. The van der Waals surface area contributed by atoms with Crippen molar-refractivity contribution >= 4 is 12.3 Å². The topological polar surface area (TPSA) is 43.4 Å². The van der Waals surface area contributed by atoms with Crippen molar-refractivity contribution in [2.75, 3.05) is 6.61 Å². The van der Waals surface area contributed by atoms with Gasteiger partial charge in [0.05, 0.1) is 12.2 Å². The zero-order valence-electron chi connectivity index (χ0n) is 9.60. The molecular weight excluding hydrogens is 204 g/mol. The van der Waals surface area contributed by atoms with E-state index in [1.807, 2.05) is 19.1 Å². The number of esters is 1. The first-order chi connectivity index (χ1) is 7.67. The molecule has 0 aliphatic carbocycles. The highest BCUT2D eigenvalue weighted by Gasteiger charge is 2.06. The maximum absolute atomic E-state index is 11.4. The summed E-state index contributed by atoms with van der Waals surface area (Å²) in [5, 5.41) is 0. The predicted octanol–water partition coefficient (Wildman–Crippen LogP) is 2.24. The number of aldehydes is 1.